The Balaban J connectivity index is 2.14. The predicted octanol–water partition coefficient (Wildman–Crippen LogP) is 0.783. The van der Waals surface area contributed by atoms with Gasteiger partial charge in [0, 0.05) is 0 Å². The predicted molar refractivity (Wildman–Crippen MR) is 77.2 cm³/mol. The monoisotopic (exact) mass is 261 g/mol. The highest BCUT2D eigenvalue weighted by atomic mass is 16.2. The molecule has 1 fully saturated rings. The lowest BCUT2D eigenvalue weighted by molar-refractivity contribution is -0.883. The van der Waals surface area contributed by atoms with Gasteiger partial charge < -0.3 is 9.80 Å². The van der Waals surface area contributed by atoms with Crippen molar-refractivity contribution >= 4 is 5.91 Å². The summed E-state index contributed by atoms with van der Waals surface area (Å²) in [5.74, 6) is 0.634. The Bertz CT molecular complexity index is 408. The van der Waals surface area contributed by atoms with Crippen LogP contribution in [-0.4, -0.2) is 44.0 Å². The lowest BCUT2D eigenvalue weighted by Gasteiger charge is -2.34. The number of hydrogen-bond donors (Lipinski definition) is 1. The van der Waals surface area contributed by atoms with Gasteiger partial charge in [-0.15, -0.1) is 0 Å². The molecule has 2 rings (SSSR count). The first kappa shape index (κ1) is 14.1. The third kappa shape index (κ3) is 3.35. The van der Waals surface area contributed by atoms with Gasteiger partial charge in [0.1, 0.15) is 0 Å². The van der Waals surface area contributed by atoms with Crippen LogP contribution >= 0.6 is 0 Å². The van der Waals surface area contributed by atoms with Crippen LogP contribution in [0.25, 0.3) is 0 Å². The van der Waals surface area contributed by atoms with Crippen LogP contribution < -0.4 is 4.90 Å². The molecular weight excluding hydrogens is 236 g/mol. The van der Waals surface area contributed by atoms with Crippen LogP contribution in [0.2, 0.25) is 0 Å². The number of nitrogens with one attached hydrogen (secondary N) is 1. The Morgan fingerprint density at radius 2 is 1.74 bits per heavy atom. The summed E-state index contributed by atoms with van der Waals surface area (Å²) >= 11 is 0. The van der Waals surface area contributed by atoms with E-state index in [1.54, 1.807) is 0 Å². The number of piperazine rings is 1. The standard InChI is InChI=1S/C16H24N2O/c1-13(2)15(14-7-5-4-6-8-14)16(19)18-11-9-17(3)10-12-18/h4-8,13,15H,9-12H2,1-3H3/p+1/t15-/m1/s1. The molecule has 1 heterocycles. The lowest BCUT2D eigenvalue weighted by Crippen LogP contribution is -3.12. The second kappa shape index (κ2) is 6.20. The van der Waals surface area contributed by atoms with E-state index < -0.39 is 0 Å². The fraction of sp³-hybridized carbons (Fsp3) is 0.562. The van der Waals surface area contributed by atoms with Crippen molar-refractivity contribution in [2.24, 2.45) is 5.92 Å². The van der Waals surface area contributed by atoms with Crippen molar-refractivity contribution in [1.82, 2.24) is 4.90 Å². The van der Waals surface area contributed by atoms with Crippen LogP contribution in [0.3, 0.4) is 0 Å². The summed E-state index contributed by atoms with van der Waals surface area (Å²) in [6.45, 7) is 8.17. The van der Waals surface area contributed by atoms with Crippen LogP contribution in [-0.2, 0) is 4.79 Å². The van der Waals surface area contributed by atoms with Crippen LogP contribution in [0, 0.1) is 5.92 Å². The zero-order valence-corrected chi connectivity index (χ0v) is 12.2. The number of hydrogen-bond acceptors (Lipinski definition) is 1. The molecule has 1 saturated heterocycles. The second-order valence-corrected chi connectivity index (χ2v) is 5.91. The zero-order chi connectivity index (χ0) is 13.8. The van der Waals surface area contributed by atoms with Gasteiger partial charge in [-0.25, -0.2) is 0 Å². The molecule has 19 heavy (non-hydrogen) atoms. The number of nitrogens with zero attached hydrogens (tertiary/aromatic N) is 1. The van der Waals surface area contributed by atoms with E-state index in [-0.39, 0.29) is 5.92 Å². The van der Waals surface area contributed by atoms with Crippen molar-refractivity contribution in [3.63, 3.8) is 0 Å². The molecule has 104 valence electrons. The average Bonchev–Trinajstić information content (AvgIpc) is 2.40. The molecule has 3 heteroatoms. The molecule has 0 radical (unpaired) electrons. The van der Waals surface area contributed by atoms with Crippen molar-refractivity contribution in [1.29, 1.82) is 0 Å². The largest absolute Gasteiger partial charge is 0.334 e. The van der Waals surface area contributed by atoms with Gasteiger partial charge in [-0.2, -0.15) is 0 Å². The van der Waals surface area contributed by atoms with E-state index in [0.717, 1.165) is 31.7 Å². The van der Waals surface area contributed by atoms with Gasteiger partial charge in [0.05, 0.1) is 39.1 Å². The maximum Gasteiger partial charge on any atom is 0.230 e. The summed E-state index contributed by atoms with van der Waals surface area (Å²) in [6.07, 6.45) is 0. The highest BCUT2D eigenvalue weighted by Gasteiger charge is 2.30. The first-order valence-electron chi connectivity index (χ1n) is 7.24. The van der Waals surface area contributed by atoms with Gasteiger partial charge in [0.15, 0.2) is 0 Å². The lowest BCUT2D eigenvalue weighted by atomic mass is 9.87. The molecule has 1 N–H and O–H groups in total. The number of carbonyl (C=O) groups excluding carboxylic acids is 1. The number of benzene rings is 1. The van der Waals surface area contributed by atoms with Crippen molar-refractivity contribution < 1.29 is 9.69 Å². The van der Waals surface area contributed by atoms with E-state index in [9.17, 15) is 4.79 Å². The van der Waals surface area contributed by atoms with Crippen molar-refractivity contribution in [3.8, 4) is 0 Å². The molecule has 1 aromatic carbocycles. The van der Waals surface area contributed by atoms with E-state index in [4.69, 9.17) is 0 Å². The fourth-order valence-corrected chi connectivity index (χ4v) is 2.78. The summed E-state index contributed by atoms with van der Waals surface area (Å²) in [7, 11) is 2.19. The topological polar surface area (TPSA) is 24.8 Å². The number of likely N-dealkylation sites (N-methyl/N-ethyl adjacent to an activating group) is 1. The van der Waals surface area contributed by atoms with E-state index >= 15 is 0 Å². The molecule has 1 amide bonds. The molecule has 0 spiro atoms. The SMILES string of the molecule is CC(C)[C@@H](C(=O)N1CC[NH+](C)CC1)c1ccccc1. The smallest absolute Gasteiger partial charge is 0.230 e. The van der Waals surface area contributed by atoms with Crippen molar-refractivity contribution in [2.75, 3.05) is 33.2 Å². The highest BCUT2D eigenvalue weighted by molar-refractivity contribution is 5.84. The third-order valence-corrected chi connectivity index (χ3v) is 4.02. The fourth-order valence-electron chi connectivity index (χ4n) is 2.78. The highest BCUT2D eigenvalue weighted by Crippen LogP contribution is 2.26. The molecule has 3 nitrogen and oxygen atoms in total. The summed E-state index contributed by atoms with van der Waals surface area (Å²) in [4.78, 5) is 16.3. The summed E-state index contributed by atoms with van der Waals surface area (Å²) in [5.41, 5.74) is 1.15. The van der Waals surface area contributed by atoms with Crippen LogP contribution in [0.4, 0.5) is 0 Å². The number of amides is 1. The Kier molecular flexibility index (Phi) is 4.59. The van der Waals surface area contributed by atoms with E-state index in [1.165, 1.54) is 4.90 Å². The van der Waals surface area contributed by atoms with Crippen molar-refractivity contribution in [3.05, 3.63) is 35.9 Å². The minimum atomic E-state index is -0.000365. The summed E-state index contributed by atoms with van der Waals surface area (Å²) < 4.78 is 0. The average molecular weight is 261 g/mol. The molecule has 0 aliphatic carbocycles. The number of rotatable bonds is 3. The molecule has 0 saturated carbocycles. The van der Waals surface area contributed by atoms with Gasteiger partial charge >= 0.3 is 0 Å². The maximum atomic E-state index is 12.8. The first-order chi connectivity index (χ1) is 9.09. The third-order valence-electron chi connectivity index (χ3n) is 4.02. The van der Waals surface area contributed by atoms with Crippen LogP contribution in [0.15, 0.2) is 30.3 Å². The summed E-state index contributed by atoms with van der Waals surface area (Å²) in [5, 5.41) is 0. The van der Waals surface area contributed by atoms with Gasteiger partial charge in [0.2, 0.25) is 5.91 Å². The van der Waals surface area contributed by atoms with Gasteiger partial charge in [0.25, 0.3) is 0 Å². The van der Waals surface area contributed by atoms with Crippen molar-refractivity contribution in [2.45, 2.75) is 19.8 Å². The molecule has 1 aliphatic heterocycles. The van der Waals surface area contributed by atoms with E-state index in [0.29, 0.717) is 11.8 Å². The Morgan fingerprint density at radius 1 is 1.16 bits per heavy atom. The molecule has 0 bridgehead atoms. The molecule has 0 unspecified atom stereocenters. The molecule has 1 atom stereocenters. The maximum absolute atomic E-state index is 12.8. The number of carbonyl (C=O) groups is 1. The zero-order valence-electron chi connectivity index (χ0n) is 12.2. The van der Waals surface area contributed by atoms with Crippen LogP contribution in [0.5, 0.6) is 0 Å². The van der Waals surface area contributed by atoms with Gasteiger partial charge in [-0.05, 0) is 11.5 Å². The normalized spacial score (nSPS) is 18.6. The Labute approximate surface area is 116 Å². The minimum absolute atomic E-state index is 0.000365. The molecule has 1 aromatic rings. The minimum Gasteiger partial charge on any atom is -0.334 e. The first-order valence-corrected chi connectivity index (χ1v) is 7.24. The Morgan fingerprint density at radius 3 is 2.26 bits per heavy atom. The quantitative estimate of drug-likeness (QED) is 0.854. The molecule has 0 aromatic heterocycles. The van der Waals surface area contributed by atoms with Gasteiger partial charge in [-0.1, -0.05) is 44.2 Å². The van der Waals surface area contributed by atoms with E-state index in [1.807, 2.05) is 23.1 Å². The molecular formula is C16H25N2O+. The summed E-state index contributed by atoms with van der Waals surface area (Å²) in [6, 6.07) is 10.2. The van der Waals surface area contributed by atoms with Gasteiger partial charge in [-0.3, -0.25) is 4.79 Å². The number of quaternary nitrogens is 1. The van der Waals surface area contributed by atoms with E-state index in [2.05, 4.69) is 33.0 Å². The molecule has 1 aliphatic rings. The second-order valence-electron chi connectivity index (χ2n) is 5.91. The van der Waals surface area contributed by atoms with Crippen LogP contribution in [0.1, 0.15) is 25.3 Å². The Hall–Kier alpha value is -1.35.